The molecule has 1 amide bonds. The van der Waals surface area contributed by atoms with Crippen LogP contribution in [0.15, 0.2) is 85.5 Å². The summed E-state index contributed by atoms with van der Waals surface area (Å²) in [5.41, 5.74) is 8.54. The van der Waals surface area contributed by atoms with E-state index in [0.29, 0.717) is 12.1 Å². The number of carbonyl (C=O) groups is 1. The summed E-state index contributed by atoms with van der Waals surface area (Å²) in [6.45, 7) is 1.82. The molecule has 4 aromatic heterocycles. The number of anilines is 1. The zero-order chi connectivity index (χ0) is 23.8. The van der Waals surface area contributed by atoms with Crippen LogP contribution in [0, 0.1) is 0 Å². The number of rotatable bonds is 5. The number of nitrogens with zero attached hydrogens (tertiary/aromatic N) is 3. The SMILES string of the molecule is CCC(=O)Nc1cncc(-c2ccc3[nH]nc(-c4cc5c(-c6cccnc6)cccc5[nH]4)c3c2)c1. The van der Waals surface area contributed by atoms with E-state index in [1.54, 1.807) is 18.6 Å². The second-order valence-corrected chi connectivity index (χ2v) is 8.39. The van der Waals surface area contributed by atoms with E-state index in [1.165, 1.54) is 0 Å². The van der Waals surface area contributed by atoms with Crippen molar-refractivity contribution in [1.29, 1.82) is 0 Å². The van der Waals surface area contributed by atoms with Crippen LogP contribution in [0.2, 0.25) is 0 Å². The van der Waals surface area contributed by atoms with Crippen molar-refractivity contribution in [3.8, 4) is 33.6 Å². The van der Waals surface area contributed by atoms with Gasteiger partial charge in [-0.25, -0.2) is 0 Å². The number of carbonyl (C=O) groups excluding carboxylic acids is 1. The van der Waals surface area contributed by atoms with Crippen molar-refractivity contribution in [3.05, 3.63) is 85.5 Å². The number of aromatic nitrogens is 5. The topological polar surface area (TPSA) is 99.3 Å². The number of benzene rings is 2. The summed E-state index contributed by atoms with van der Waals surface area (Å²) < 4.78 is 0. The molecule has 170 valence electrons. The third kappa shape index (κ3) is 3.83. The Bertz CT molecular complexity index is 1680. The van der Waals surface area contributed by atoms with Crippen molar-refractivity contribution in [3.63, 3.8) is 0 Å². The molecule has 6 rings (SSSR count). The molecule has 0 aliphatic rings. The van der Waals surface area contributed by atoms with Gasteiger partial charge >= 0.3 is 0 Å². The van der Waals surface area contributed by atoms with Gasteiger partial charge in [-0.2, -0.15) is 5.10 Å². The highest BCUT2D eigenvalue weighted by Crippen LogP contribution is 2.35. The number of hydrogen-bond donors (Lipinski definition) is 3. The lowest BCUT2D eigenvalue weighted by Gasteiger charge is -2.06. The van der Waals surface area contributed by atoms with Gasteiger partial charge in [-0.05, 0) is 47.5 Å². The van der Waals surface area contributed by atoms with Crippen molar-refractivity contribution >= 4 is 33.4 Å². The Hall–Kier alpha value is -4.78. The molecule has 0 radical (unpaired) electrons. The van der Waals surface area contributed by atoms with Crippen LogP contribution in [-0.2, 0) is 4.79 Å². The highest BCUT2D eigenvalue weighted by Gasteiger charge is 2.14. The van der Waals surface area contributed by atoms with Gasteiger partial charge in [-0.3, -0.25) is 19.9 Å². The maximum atomic E-state index is 11.8. The van der Waals surface area contributed by atoms with Crippen molar-refractivity contribution in [1.82, 2.24) is 25.1 Å². The van der Waals surface area contributed by atoms with Gasteiger partial charge in [0, 0.05) is 52.4 Å². The first kappa shape index (κ1) is 20.8. The Labute approximate surface area is 201 Å². The average molecular weight is 459 g/mol. The smallest absolute Gasteiger partial charge is 0.224 e. The molecular weight excluding hydrogens is 436 g/mol. The molecule has 0 aliphatic carbocycles. The molecule has 0 unspecified atom stereocenters. The monoisotopic (exact) mass is 458 g/mol. The summed E-state index contributed by atoms with van der Waals surface area (Å²) in [7, 11) is 0. The molecule has 3 N–H and O–H groups in total. The second-order valence-electron chi connectivity index (χ2n) is 8.39. The quantitative estimate of drug-likeness (QED) is 0.287. The van der Waals surface area contributed by atoms with Crippen LogP contribution in [0.4, 0.5) is 5.69 Å². The van der Waals surface area contributed by atoms with E-state index in [0.717, 1.165) is 55.4 Å². The second kappa shape index (κ2) is 8.53. The average Bonchev–Trinajstić information content (AvgIpc) is 3.53. The largest absolute Gasteiger partial charge is 0.353 e. The molecule has 0 spiro atoms. The fourth-order valence-electron chi connectivity index (χ4n) is 4.37. The van der Waals surface area contributed by atoms with Gasteiger partial charge in [0.05, 0.1) is 23.1 Å². The van der Waals surface area contributed by atoms with Crippen molar-refractivity contribution in [2.24, 2.45) is 0 Å². The van der Waals surface area contributed by atoms with Crippen LogP contribution in [0.3, 0.4) is 0 Å². The van der Waals surface area contributed by atoms with Gasteiger partial charge in [0.2, 0.25) is 5.91 Å². The molecule has 4 heterocycles. The first-order valence-electron chi connectivity index (χ1n) is 11.5. The predicted octanol–water partition coefficient (Wildman–Crippen LogP) is 6.18. The van der Waals surface area contributed by atoms with Crippen molar-refractivity contribution in [2.75, 3.05) is 5.32 Å². The van der Waals surface area contributed by atoms with Gasteiger partial charge in [0.15, 0.2) is 0 Å². The lowest BCUT2D eigenvalue weighted by Crippen LogP contribution is -2.09. The molecule has 6 aromatic rings. The number of pyridine rings is 2. The van der Waals surface area contributed by atoms with Gasteiger partial charge in [-0.1, -0.05) is 31.2 Å². The number of aromatic amines is 2. The van der Waals surface area contributed by atoms with Crippen LogP contribution in [0.25, 0.3) is 55.4 Å². The molecule has 35 heavy (non-hydrogen) atoms. The summed E-state index contributed by atoms with van der Waals surface area (Å²) in [6.07, 6.45) is 7.53. The van der Waals surface area contributed by atoms with E-state index in [4.69, 9.17) is 0 Å². The molecule has 0 atom stereocenters. The number of nitrogens with one attached hydrogen (secondary N) is 3. The Morgan fingerprint density at radius 3 is 2.63 bits per heavy atom. The molecular formula is C28H22N6O. The van der Waals surface area contributed by atoms with E-state index in [-0.39, 0.29) is 5.91 Å². The van der Waals surface area contributed by atoms with Crippen LogP contribution < -0.4 is 5.32 Å². The summed E-state index contributed by atoms with van der Waals surface area (Å²) in [5, 5.41) is 12.8. The highest BCUT2D eigenvalue weighted by molar-refractivity contribution is 6.02. The Morgan fingerprint density at radius 1 is 0.857 bits per heavy atom. The highest BCUT2D eigenvalue weighted by atomic mass is 16.1. The zero-order valence-corrected chi connectivity index (χ0v) is 19.0. The van der Waals surface area contributed by atoms with E-state index < -0.39 is 0 Å². The molecule has 0 fully saturated rings. The maximum absolute atomic E-state index is 11.8. The van der Waals surface area contributed by atoms with Crippen LogP contribution in [0.5, 0.6) is 0 Å². The van der Waals surface area contributed by atoms with Gasteiger partial charge in [0.1, 0.15) is 5.69 Å². The summed E-state index contributed by atoms with van der Waals surface area (Å²) in [5.74, 6) is -0.0408. The summed E-state index contributed by atoms with van der Waals surface area (Å²) >= 11 is 0. The summed E-state index contributed by atoms with van der Waals surface area (Å²) in [6, 6.07) is 20.5. The van der Waals surface area contributed by atoms with Crippen LogP contribution in [0.1, 0.15) is 13.3 Å². The van der Waals surface area contributed by atoms with Gasteiger partial charge < -0.3 is 10.3 Å². The van der Waals surface area contributed by atoms with Crippen LogP contribution >= 0.6 is 0 Å². The molecule has 0 saturated heterocycles. The third-order valence-electron chi connectivity index (χ3n) is 6.13. The van der Waals surface area contributed by atoms with Crippen molar-refractivity contribution < 1.29 is 4.79 Å². The Kier molecular flexibility index (Phi) is 5.07. The number of fused-ring (bicyclic) bond motifs is 2. The van der Waals surface area contributed by atoms with Crippen LogP contribution in [-0.4, -0.2) is 31.1 Å². The van der Waals surface area contributed by atoms with E-state index in [1.807, 2.05) is 43.5 Å². The number of amides is 1. The minimum absolute atomic E-state index is 0.0408. The zero-order valence-electron chi connectivity index (χ0n) is 19.0. The maximum Gasteiger partial charge on any atom is 0.224 e. The molecule has 2 aromatic carbocycles. The molecule has 0 bridgehead atoms. The molecule has 0 aliphatic heterocycles. The third-order valence-corrected chi connectivity index (χ3v) is 6.13. The van der Waals surface area contributed by atoms with E-state index in [9.17, 15) is 4.79 Å². The first-order chi connectivity index (χ1) is 17.2. The summed E-state index contributed by atoms with van der Waals surface area (Å²) in [4.78, 5) is 23.9. The molecule has 7 nitrogen and oxygen atoms in total. The van der Waals surface area contributed by atoms with E-state index >= 15 is 0 Å². The minimum Gasteiger partial charge on any atom is -0.353 e. The Morgan fingerprint density at radius 2 is 1.77 bits per heavy atom. The molecule has 7 heteroatoms. The van der Waals surface area contributed by atoms with E-state index in [2.05, 4.69) is 60.8 Å². The molecule has 0 saturated carbocycles. The first-order valence-corrected chi connectivity index (χ1v) is 11.5. The standard InChI is InChI=1S/C28H22N6O/c1-2-27(35)31-20-11-19(15-30-16-20)17-8-9-25-23(12-17)28(34-33-25)26-13-22-21(6-3-7-24(22)32-26)18-5-4-10-29-14-18/h3-16,32H,2H2,1H3,(H,31,35)(H,33,34). The predicted molar refractivity (Wildman–Crippen MR) is 139 cm³/mol. The Balaban J connectivity index is 1.43. The van der Waals surface area contributed by atoms with Gasteiger partial charge in [-0.15, -0.1) is 0 Å². The number of H-pyrrole nitrogens is 2. The minimum atomic E-state index is -0.0408. The fraction of sp³-hybridized carbons (Fsp3) is 0.0714. The normalized spacial score (nSPS) is 11.2. The fourth-order valence-corrected chi connectivity index (χ4v) is 4.37. The van der Waals surface area contributed by atoms with Crippen molar-refractivity contribution in [2.45, 2.75) is 13.3 Å². The number of hydrogen-bond acceptors (Lipinski definition) is 4. The lowest BCUT2D eigenvalue weighted by molar-refractivity contribution is -0.115. The van der Waals surface area contributed by atoms with Gasteiger partial charge in [0.25, 0.3) is 0 Å². The lowest BCUT2D eigenvalue weighted by atomic mass is 10.0.